The first kappa shape index (κ1) is 27.9. The van der Waals surface area contributed by atoms with Crippen LogP contribution in [0.3, 0.4) is 0 Å². The molecule has 0 saturated carbocycles. The zero-order valence-electron chi connectivity index (χ0n) is 21.1. The summed E-state index contributed by atoms with van der Waals surface area (Å²) in [7, 11) is 3.06. The highest BCUT2D eigenvalue weighted by molar-refractivity contribution is 5.89. The average molecular weight is 487 g/mol. The van der Waals surface area contributed by atoms with Gasteiger partial charge >= 0.3 is 11.9 Å². The fraction of sp³-hybridized carbons (Fsp3) is 0.407. The molecule has 0 fully saturated rings. The van der Waals surface area contributed by atoms with E-state index in [1.54, 1.807) is 13.8 Å². The van der Waals surface area contributed by atoms with E-state index in [1.165, 1.54) is 14.2 Å². The Kier molecular flexibility index (Phi) is 10.8. The Hall–Kier alpha value is -3.36. The molecule has 2 atom stereocenters. The van der Waals surface area contributed by atoms with Crippen LogP contribution in [0.5, 0.6) is 11.5 Å². The second-order valence-corrected chi connectivity index (χ2v) is 8.22. The van der Waals surface area contributed by atoms with Crippen LogP contribution >= 0.6 is 0 Å². The monoisotopic (exact) mass is 486 g/mol. The van der Waals surface area contributed by atoms with Crippen molar-refractivity contribution >= 4 is 22.7 Å². The van der Waals surface area contributed by atoms with Gasteiger partial charge in [0.25, 0.3) is 0 Å². The number of aryl methyl sites for hydroxylation is 1. The molecule has 2 rings (SSSR count). The quantitative estimate of drug-likeness (QED) is 0.290. The second-order valence-electron chi connectivity index (χ2n) is 8.22. The van der Waals surface area contributed by atoms with E-state index in [-0.39, 0.29) is 26.4 Å². The van der Waals surface area contributed by atoms with Crippen molar-refractivity contribution in [3.05, 3.63) is 60.2 Å². The normalized spacial score (nSPS) is 12.5. The lowest BCUT2D eigenvalue weighted by atomic mass is 10.0. The van der Waals surface area contributed by atoms with Gasteiger partial charge in [0.05, 0.1) is 13.2 Å². The van der Waals surface area contributed by atoms with Gasteiger partial charge in [-0.3, -0.25) is 0 Å². The lowest BCUT2D eigenvalue weighted by Crippen LogP contribution is -2.29. The van der Waals surface area contributed by atoms with Gasteiger partial charge < -0.3 is 28.4 Å². The molecule has 8 nitrogen and oxygen atoms in total. The minimum atomic E-state index is -0.561. The third-order valence-corrected chi connectivity index (χ3v) is 5.02. The maximum absolute atomic E-state index is 11.8. The Morgan fingerprint density at radius 1 is 0.800 bits per heavy atom. The van der Waals surface area contributed by atoms with Gasteiger partial charge in [-0.15, -0.1) is 0 Å². The zero-order chi connectivity index (χ0) is 26.0. The van der Waals surface area contributed by atoms with Gasteiger partial charge in [0.15, 0.2) is 12.2 Å². The second kappa shape index (κ2) is 13.5. The van der Waals surface area contributed by atoms with Gasteiger partial charge in [0.1, 0.15) is 24.7 Å². The van der Waals surface area contributed by atoms with E-state index in [9.17, 15) is 9.59 Å². The number of fused-ring (bicyclic) bond motifs is 1. The first-order valence-corrected chi connectivity index (χ1v) is 11.2. The number of ether oxygens (including phenoxy) is 6. The van der Waals surface area contributed by atoms with Crippen LogP contribution in [0.1, 0.15) is 19.4 Å². The summed E-state index contributed by atoms with van der Waals surface area (Å²) >= 11 is 0. The summed E-state index contributed by atoms with van der Waals surface area (Å²) in [5, 5.41) is 1.94. The highest BCUT2D eigenvalue weighted by Gasteiger charge is 2.18. The molecule has 0 aliphatic carbocycles. The molecular formula is C27H34O8. The van der Waals surface area contributed by atoms with Crippen molar-refractivity contribution in [1.82, 2.24) is 0 Å². The topological polar surface area (TPSA) is 89.5 Å². The van der Waals surface area contributed by atoms with Gasteiger partial charge in [0.2, 0.25) is 0 Å². The molecule has 2 unspecified atom stereocenters. The molecule has 0 aromatic heterocycles. The van der Waals surface area contributed by atoms with Crippen molar-refractivity contribution in [2.45, 2.75) is 33.0 Å². The maximum atomic E-state index is 11.8. The third-order valence-electron chi connectivity index (χ3n) is 5.02. The molecule has 0 radical (unpaired) electrons. The Bertz CT molecular complexity index is 1060. The van der Waals surface area contributed by atoms with Crippen LogP contribution in [-0.2, 0) is 28.5 Å². The Balaban J connectivity index is 2.08. The predicted molar refractivity (Wildman–Crippen MR) is 133 cm³/mol. The maximum Gasteiger partial charge on any atom is 0.333 e. The van der Waals surface area contributed by atoms with Crippen LogP contribution in [0.25, 0.3) is 10.8 Å². The smallest absolute Gasteiger partial charge is 0.333 e. The van der Waals surface area contributed by atoms with Crippen molar-refractivity contribution in [2.24, 2.45) is 0 Å². The first-order chi connectivity index (χ1) is 16.7. The van der Waals surface area contributed by atoms with Gasteiger partial charge in [-0.25, -0.2) is 9.59 Å². The molecule has 0 aliphatic heterocycles. The standard InChI is InChI=1S/C27H34O8/c1-17(2)26(28)34-22(13-30-6)15-32-21-9-10-24-19(5)25(11-8-20(24)12-21)33-16-23(14-31-7)35-27(29)18(3)4/h8-12,22-23H,1,3,13-16H2,2,4-7H3. The van der Waals surface area contributed by atoms with Gasteiger partial charge in [0, 0.05) is 25.4 Å². The van der Waals surface area contributed by atoms with Crippen LogP contribution in [0.2, 0.25) is 0 Å². The highest BCUT2D eigenvalue weighted by Crippen LogP contribution is 2.30. The average Bonchev–Trinajstić information content (AvgIpc) is 2.82. The number of hydrogen-bond acceptors (Lipinski definition) is 8. The Labute approximate surface area is 206 Å². The lowest BCUT2D eigenvalue weighted by molar-refractivity contribution is -0.149. The summed E-state index contributed by atoms with van der Waals surface area (Å²) < 4.78 is 32.8. The van der Waals surface area contributed by atoms with Crippen molar-refractivity contribution < 1.29 is 38.0 Å². The van der Waals surface area contributed by atoms with Crippen molar-refractivity contribution in [1.29, 1.82) is 0 Å². The zero-order valence-corrected chi connectivity index (χ0v) is 21.1. The van der Waals surface area contributed by atoms with Gasteiger partial charge in [-0.2, -0.15) is 0 Å². The van der Waals surface area contributed by atoms with Gasteiger partial charge in [-0.05, 0) is 55.3 Å². The number of hydrogen-bond donors (Lipinski definition) is 0. The van der Waals surface area contributed by atoms with Crippen molar-refractivity contribution in [3.63, 3.8) is 0 Å². The molecule has 0 aliphatic rings. The molecule has 8 heteroatoms. The molecule has 0 N–H and O–H groups in total. The first-order valence-electron chi connectivity index (χ1n) is 11.2. The molecular weight excluding hydrogens is 452 g/mol. The number of benzene rings is 2. The molecule has 0 amide bonds. The van der Waals surface area contributed by atoms with Crippen molar-refractivity contribution in [3.8, 4) is 11.5 Å². The molecule has 2 aromatic carbocycles. The third kappa shape index (κ3) is 8.42. The van der Waals surface area contributed by atoms with Crippen LogP contribution in [0.4, 0.5) is 0 Å². The van der Waals surface area contributed by atoms with E-state index in [4.69, 9.17) is 28.4 Å². The summed E-state index contributed by atoms with van der Waals surface area (Å²) in [4.78, 5) is 23.7. The molecule has 2 aromatic rings. The fourth-order valence-electron chi connectivity index (χ4n) is 3.17. The lowest BCUT2D eigenvalue weighted by Gasteiger charge is -2.19. The van der Waals surface area contributed by atoms with Gasteiger partial charge in [-0.1, -0.05) is 25.3 Å². The van der Waals surface area contributed by atoms with E-state index in [0.717, 1.165) is 16.3 Å². The SMILES string of the molecule is C=C(C)C(=O)OC(COC)COc1ccc2c(C)c(OCC(COC)OC(=O)C(=C)C)ccc2c1. The molecule has 190 valence electrons. The molecule has 35 heavy (non-hydrogen) atoms. The minimum absolute atomic E-state index is 0.141. The minimum Gasteiger partial charge on any atom is -0.490 e. The molecule has 0 saturated heterocycles. The van der Waals surface area contributed by atoms with E-state index in [1.807, 2.05) is 37.3 Å². The molecule has 0 bridgehead atoms. The number of methoxy groups -OCH3 is 2. The number of carbonyl (C=O) groups excluding carboxylic acids is 2. The summed E-state index contributed by atoms with van der Waals surface area (Å²) in [6.45, 7) is 13.0. The summed E-state index contributed by atoms with van der Waals surface area (Å²) in [6.07, 6.45) is -1.12. The van der Waals surface area contributed by atoms with Crippen LogP contribution in [0.15, 0.2) is 54.6 Å². The Morgan fingerprint density at radius 3 is 1.86 bits per heavy atom. The number of carbonyl (C=O) groups is 2. The van der Waals surface area contributed by atoms with E-state index >= 15 is 0 Å². The predicted octanol–water partition coefficient (Wildman–Crippen LogP) is 4.17. The molecule has 0 heterocycles. The highest BCUT2D eigenvalue weighted by atomic mass is 16.6. The van der Waals surface area contributed by atoms with Crippen molar-refractivity contribution in [2.75, 3.05) is 40.6 Å². The largest absolute Gasteiger partial charge is 0.490 e. The number of esters is 2. The molecule has 0 spiro atoms. The summed E-state index contributed by atoms with van der Waals surface area (Å²) in [5.74, 6) is 0.329. The van der Waals surface area contributed by atoms with Crippen LogP contribution in [-0.4, -0.2) is 64.8 Å². The van der Waals surface area contributed by atoms with E-state index in [2.05, 4.69) is 13.2 Å². The van der Waals surface area contributed by atoms with Crippen LogP contribution < -0.4 is 9.47 Å². The summed E-state index contributed by atoms with van der Waals surface area (Å²) in [5.41, 5.74) is 1.56. The van der Waals surface area contributed by atoms with Crippen LogP contribution in [0, 0.1) is 6.92 Å². The van der Waals surface area contributed by atoms with E-state index in [0.29, 0.717) is 22.6 Å². The summed E-state index contributed by atoms with van der Waals surface area (Å²) in [6, 6.07) is 9.45. The number of rotatable bonds is 14. The fourth-order valence-corrected chi connectivity index (χ4v) is 3.17. The van der Waals surface area contributed by atoms with E-state index < -0.39 is 24.1 Å². The Morgan fingerprint density at radius 2 is 1.34 bits per heavy atom.